The number of aromatic nitrogens is 5. The van der Waals surface area contributed by atoms with E-state index in [-0.39, 0.29) is 5.82 Å². The highest BCUT2D eigenvalue weighted by atomic mass is 19.1. The number of imidazole rings is 1. The zero-order valence-corrected chi connectivity index (χ0v) is 18.6. The summed E-state index contributed by atoms with van der Waals surface area (Å²) in [5.74, 6) is 0.327. The van der Waals surface area contributed by atoms with Gasteiger partial charge in [0.05, 0.1) is 16.7 Å². The number of aromatic amines is 2. The van der Waals surface area contributed by atoms with Crippen molar-refractivity contribution in [3.8, 4) is 11.5 Å². The van der Waals surface area contributed by atoms with Crippen LogP contribution in [0, 0.1) is 12.7 Å². The molecule has 1 aromatic carbocycles. The summed E-state index contributed by atoms with van der Waals surface area (Å²) in [7, 11) is 0. The molecule has 3 aromatic heterocycles. The molecule has 6 heteroatoms. The van der Waals surface area contributed by atoms with Crippen molar-refractivity contribution in [2.75, 3.05) is 0 Å². The van der Waals surface area contributed by atoms with Crippen LogP contribution in [0.5, 0.6) is 0 Å². The highest BCUT2D eigenvalue weighted by Crippen LogP contribution is 2.27. The summed E-state index contributed by atoms with van der Waals surface area (Å²) in [4.78, 5) is 12.6. The first-order valence-electron chi connectivity index (χ1n) is 10.5. The molecule has 0 amide bonds. The van der Waals surface area contributed by atoms with Crippen LogP contribution in [0.15, 0.2) is 74.0 Å². The molecule has 164 valence electrons. The van der Waals surface area contributed by atoms with E-state index in [9.17, 15) is 4.39 Å². The summed E-state index contributed by atoms with van der Waals surface area (Å²) in [6, 6.07) is 12.0. The molecule has 2 N–H and O–H groups in total. The van der Waals surface area contributed by atoms with Crippen molar-refractivity contribution in [2.24, 2.45) is 0 Å². The van der Waals surface area contributed by atoms with E-state index in [1.54, 1.807) is 24.4 Å². The average molecular weight is 438 g/mol. The first-order valence-corrected chi connectivity index (χ1v) is 10.5. The van der Waals surface area contributed by atoms with Gasteiger partial charge in [-0.15, -0.1) is 0 Å². The van der Waals surface area contributed by atoms with Gasteiger partial charge < -0.3 is 4.98 Å². The fourth-order valence-corrected chi connectivity index (χ4v) is 3.61. The van der Waals surface area contributed by atoms with Gasteiger partial charge in [0.1, 0.15) is 11.5 Å². The van der Waals surface area contributed by atoms with Gasteiger partial charge in [0.25, 0.3) is 0 Å². The topological polar surface area (TPSA) is 70.2 Å². The molecule has 0 aliphatic carbocycles. The van der Waals surface area contributed by atoms with Crippen molar-refractivity contribution in [3.63, 3.8) is 0 Å². The molecule has 0 bridgehead atoms. The second-order valence-electron chi connectivity index (χ2n) is 7.45. The van der Waals surface area contributed by atoms with Gasteiger partial charge in [-0.3, -0.25) is 10.1 Å². The molecule has 33 heavy (non-hydrogen) atoms. The number of nitrogens with zero attached hydrogens (tertiary/aromatic N) is 3. The van der Waals surface area contributed by atoms with E-state index in [2.05, 4.69) is 33.3 Å². The largest absolute Gasteiger partial charge is 0.340 e. The van der Waals surface area contributed by atoms with E-state index in [0.29, 0.717) is 11.5 Å². The zero-order valence-electron chi connectivity index (χ0n) is 18.6. The Morgan fingerprint density at radius 1 is 1.12 bits per heavy atom. The van der Waals surface area contributed by atoms with Gasteiger partial charge in [0, 0.05) is 22.7 Å². The highest BCUT2D eigenvalue weighted by molar-refractivity contribution is 5.86. The van der Waals surface area contributed by atoms with E-state index < -0.39 is 0 Å². The normalized spacial score (nSPS) is 12.9. The van der Waals surface area contributed by atoms with E-state index in [1.165, 1.54) is 12.1 Å². The third kappa shape index (κ3) is 4.50. The Balaban J connectivity index is 1.83. The highest BCUT2D eigenvalue weighted by Gasteiger charge is 2.17. The standard InChI is InChI=1S/C27H24FN5/c1-5-9-21(19-11-13-20(28)14-12-19)25-18(4)30-27(31-25)26-22(23(6-2)32-33-26)16-17(3)24-10-7-8-15-29-24/h5-16,32H,1,3H2,2,4H3,(H,30,31)/b21-9-,22-16+,23-6+. The molecular weight excluding hydrogens is 413 g/mol. The van der Waals surface area contributed by atoms with Crippen LogP contribution in [-0.2, 0) is 0 Å². The minimum atomic E-state index is -0.288. The minimum absolute atomic E-state index is 0.288. The van der Waals surface area contributed by atoms with Crippen LogP contribution < -0.4 is 10.6 Å². The predicted molar refractivity (Wildman–Crippen MR) is 132 cm³/mol. The summed E-state index contributed by atoms with van der Waals surface area (Å²) in [6.07, 6.45) is 9.20. The molecule has 4 aromatic rings. The van der Waals surface area contributed by atoms with Gasteiger partial charge in [0.2, 0.25) is 0 Å². The van der Waals surface area contributed by atoms with Crippen molar-refractivity contribution >= 4 is 23.3 Å². The Morgan fingerprint density at radius 3 is 2.58 bits per heavy atom. The van der Waals surface area contributed by atoms with E-state index in [4.69, 9.17) is 4.98 Å². The summed E-state index contributed by atoms with van der Waals surface area (Å²) in [5, 5.41) is 9.31. The second-order valence-corrected chi connectivity index (χ2v) is 7.45. The average Bonchev–Trinajstić information content (AvgIpc) is 3.41. The number of pyridine rings is 1. The van der Waals surface area contributed by atoms with Crippen LogP contribution >= 0.6 is 0 Å². The summed E-state index contributed by atoms with van der Waals surface area (Å²) < 4.78 is 13.5. The maximum Gasteiger partial charge on any atom is 0.159 e. The number of nitrogens with one attached hydrogen (secondary N) is 2. The molecule has 4 rings (SSSR count). The Hall–Kier alpha value is -4.32. The first kappa shape index (κ1) is 21.9. The van der Waals surface area contributed by atoms with Crippen molar-refractivity contribution in [1.29, 1.82) is 0 Å². The van der Waals surface area contributed by atoms with Crippen molar-refractivity contribution < 1.29 is 4.39 Å². The first-order chi connectivity index (χ1) is 16.0. The third-order valence-corrected chi connectivity index (χ3v) is 5.24. The van der Waals surface area contributed by atoms with Crippen LogP contribution in [0.2, 0.25) is 0 Å². The van der Waals surface area contributed by atoms with Gasteiger partial charge in [0.15, 0.2) is 5.82 Å². The molecule has 0 spiro atoms. The van der Waals surface area contributed by atoms with Crippen molar-refractivity contribution in [2.45, 2.75) is 13.8 Å². The molecule has 0 saturated carbocycles. The van der Waals surface area contributed by atoms with Gasteiger partial charge in [-0.2, -0.15) is 5.10 Å². The lowest BCUT2D eigenvalue weighted by atomic mass is 10.0. The fourth-order valence-electron chi connectivity index (χ4n) is 3.61. The Morgan fingerprint density at radius 2 is 1.91 bits per heavy atom. The Bertz CT molecular complexity index is 1460. The molecule has 0 radical (unpaired) electrons. The molecule has 0 saturated heterocycles. The number of hydrogen-bond donors (Lipinski definition) is 2. The summed E-state index contributed by atoms with van der Waals surface area (Å²) in [5.41, 5.74) is 5.52. The van der Waals surface area contributed by atoms with Gasteiger partial charge in [-0.05, 0) is 55.3 Å². The maximum absolute atomic E-state index is 13.5. The van der Waals surface area contributed by atoms with Gasteiger partial charge in [-0.25, -0.2) is 9.37 Å². The van der Waals surface area contributed by atoms with Crippen LogP contribution in [-0.4, -0.2) is 25.1 Å². The van der Waals surface area contributed by atoms with E-state index in [0.717, 1.165) is 44.4 Å². The summed E-state index contributed by atoms with van der Waals surface area (Å²) in [6.45, 7) is 11.9. The number of benzene rings is 1. The Kier molecular flexibility index (Phi) is 6.26. The molecule has 0 unspecified atom stereocenters. The Labute approximate surface area is 191 Å². The number of hydrogen-bond acceptors (Lipinski definition) is 3. The monoisotopic (exact) mass is 437 g/mol. The fraction of sp³-hybridized carbons (Fsp3) is 0.0741. The molecule has 0 aliphatic rings. The van der Waals surface area contributed by atoms with Gasteiger partial charge >= 0.3 is 0 Å². The third-order valence-electron chi connectivity index (χ3n) is 5.24. The molecule has 0 fully saturated rings. The number of H-pyrrole nitrogens is 2. The predicted octanol–water partition coefficient (Wildman–Crippen LogP) is 4.55. The molecule has 3 heterocycles. The molecular formula is C27H24FN5. The lowest BCUT2D eigenvalue weighted by Gasteiger charge is -2.05. The maximum atomic E-state index is 13.5. The smallest absolute Gasteiger partial charge is 0.159 e. The quantitative estimate of drug-likeness (QED) is 0.435. The van der Waals surface area contributed by atoms with Crippen molar-refractivity contribution in [1.82, 2.24) is 25.1 Å². The van der Waals surface area contributed by atoms with Gasteiger partial charge in [-0.1, -0.05) is 49.6 Å². The number of halogens is 1. The van der Waals surface area contributed by atoms with Crippen LogP contribution in [0.25, 0.3) is 34.8 Å². The lowest BCUT2D eigenvalue weighted by Crippen LogP contribution is -2.23. The van der Waals surface area contributed by atoms with Crippen molar-refractivity contribution in [3.05, 3.63) is 113 Å². The van der Waals surface area contributed by atoms with E-state index >= 15 is 0 Å². The number of aryl methyl sites for hydroxylation is 1. The lowest BCUT2D eigenvalue weighted by molar-refractivity contribution is 0.627. The second kappa shape index (κ2) is 9.44. The molecule has 5 nitrogen and oxygen atoms in total. The van der Waals surface area contributed by atoms with E-state index in [1.807, 2.05) is 50.3 Å². The minimum Gasteiger partial charge on any atom is -0.340 e. The SMILES string of the molecule is C=C/C=C(/c1ccc(F)cc1)c1nc(-c2n[nH]c(=C/C)/c2=C\C(=C)c2ccccn2)[nH]c1C. The number of rotatable bonds is 6. The van der Waals surface area contributed by atoms with Crippen LogP contribution in [0.4, 0.5) is 4.39 Å². The summed E-state index contributed by atoms with van der Waals surface area (Å²) >= 11 is 0. The van der Waals surface area contributed by atoms with Crippen LogP contribution in [0.3, 0.4) is 0 Å². The molecule has 0 atom stereocenters. The number of allylic oxidation sites excluding steroid dienone is 3. The molecule has 0 aliphatic heterocycles. The zero-order chi connectivity index (χ0) is 23.4. The van der Waals surface area contributed by atoms with Crippen LogP contribution in [0.1, 0.15) is 29.6 Å².